The largest absolute Gasteiger partial charge is 0.503 e. The third kappa shape index (κ3) is 3.78. The molecule has 0 fully saturated rings. The number of phenols is 1. The Balaban J connectivity index is 2.08. The van der Waals surface area contributed by atoms with Gasteiger partial charge in [0.15, 0.2) is 11.5 Å². The molecule has 7 heteroatoms. The molecule has 2 rings (SSSR count). The number of phenolic OH excluding ortho intramolecular Hbond substituents is 1. The van der Waals surface area contributed by atoms with Crippen LogP contribution in [0.1, 0.15) is 15.9 Å². The lowest BCUT2D eigenvalue weighted by Crippen LogP contribution is -2.17. The molecule has 0 aliphatic carbocycles. The number of nitrogens with zero attached hydrogens (tertiary/aromatic N) is 1. The van der Waals surface area contributed by atoms with E-state index in [1.54, 1.807) is 36.4 Å². The molecular weight excluding hydrogens is 372 g/mol. The lowest BCUT2D eigenvalue weighted by Gasteiger charge is -2.06. The van der Waals surface area contributed by atoms with Crippen molar-refractivity contribution in [3.05, 3.63) is 57.0 Å². The molecule has 0 aliphatic rings. The number of amides is 1. The van der Waals surface area contributed by atoms with E-state index >= 15 is 0 Å². The summed E-state index contributed by atoms with van der Waals surface area (Å²) < 4.78 is 5.41. The van der Waals surface area contributed by atoms with Gasteiger partial charge in [-0.1, -0.05) is 11.6 Å². The number of aromatic hydroxyl groups is 1. The van der Waals surface area contributed by atoms with E-state index in [0.29, 0.717) is 26.4 Å². The average Bonchev–Trinajstić information content (AvgIpc) is 2.52. The second kappa shape index (κ2) is 7.29. The number of halogens is 2. The first kappa shape index (κ1) is 16.3. The van der Waals surface area contributed by atoms with Gasteiger partial charge in [0.25, 0.3) is 5.91 Å². The summed E-state index contributed by atoms with van der Waals surface area (Å²) >= 11 is 9.00. The zero-order valence-electron chi connectivity index (χ0n) is 11.5. The van der Waals surface area contributed by atoms with Gasteiger partial charge in [-0.2, -0.15) is 5.10 Å². The number of carbonyl (C=O) groups excluding carboxylic acids is 1. The number of hydrazone groups is 1. The molecule has 0 aromatic heterocycles. The Morgan fingerprint density at radius 2 is 2.00 bits per heavy atom. The van der Waals surface area contributed by atoms with E-state index in [9.17, 15) is 9.90 Å². The Kier molecular flexibility index (Phi) is 5.41. The molecule has 0 saturated heterocycles. The number of hydrogen-bond acceptors (Lipinski definition) is 4. The average molecular weight is 384 g/mol. The second-order valence-electron chi connectivity index (χ2n) is 4.23. The highest BCUT2D eigenvalue weighted by atomic mass is 79.9. The Bertz CT molecular complexity index is 717. The van der Waals surface area contributed by atoms with Crippen molar-refractivity contribution in [3.8, 4) is 11.5 Å². The molecule has 22 heavy (non-hydrogen) atoms. The highest BCUT2D eigenvalue weighted by molar-refractivity contribution is 9.10. The van der Waals surface area contributed by atoms with Gasteiger partial charge in [0.05, 0.1) is 17.8 Å². The monoisotopic (exact) mass is 382 g/mol. The minimum Gasteiger partial charge on any atom is -0.503 e. The molecule has 5 nitrogen and oxygen atoms in total. The number of methoxy groups -OCH3 is 1. The van der Waals surface area contributed by atoms with Crippen LogP contribution in [0.15, 0.2) is 46.0 Å². The van der Waals surface area contributed by atoms with E-state index in [-0.39, 0.29) is 11.7 Å². The number of carbonyl (C=O) groups is 1. The number of hydrogen-bond donors (Lipinski definition) is 2. The van der Waals surface area contributed by atoms with Crippen molar-refractivity contribution in [1.82, 2.24) is 5.43 Å². The molecule has 0 saturated carbocycles. The van der Waals surface area contributed by atoms with Gasteiger partial charge < -0.3 is 9.84 Å². The zero-order chi connectivity index (χ0) is 16.1. The lowest BCUT2D eigenvalue weighted by atomic mass is 10.2. The van der Waals surface area contributed by atoms with E-state index in [0.717, 1.165) is 0 Å². The van der Waals surface area contributed by atoms with Crippen LogP contribution in [0.2, 0.25) is 5.02 Å². The second-order valence-corrected chi connectivity index (χ2v) is 5.46. The topological polar surface area (TPSA) is 70.9 Å². The maximum absolute atomic E-state index is 11.8. The summed E-state index contributed by atoms with van der Waals surface area (Å²) in [5, 5.41) is 14.3. The molecule has 0 heterocycles. The SMILES string of the molecule is COc1ccc(/C=N/NC(=O)c2ccc(Cl)cc2)c(Br)c1O. The summed E-state index contributed by atoms with van der Waals surface area (Å²) in [6.45, 7) is 0. The fourth-order valence-corrected chi connectivity index (χ4v) is 2.21. The van der Waals surface area contributed by atoms with Crippen molar-refractivity contribution in [2.24, 2.45) is 5.10 Å². The van der Waals surface area contributed by atoms with Crippen molar-refractivity contribution in [1.29, 1.82) is 0 Å². The minimum absolute atomic E-state index is 0.0320. The Labute approximate surface area is 140 Å². The summed E-state index contributed by atoms with van der Waals surface area (Å²) in [5.41, 5.74) is 3.43. The molecule has 2 N–H and O–H groups in total. The summed E-state index contributed by atoms with van der Waals surface area (Å²) in [4.78, 5) is 11.8. The van der Waals surface area contributed by atoms with Gasteiger partial charge >= 0.3 is 0 Å². The summed E-state index contributed by atoms with van der Waals surface area (Å²) in [7, 11) is 1.46. The van der Waals surface area contributed by atoms with E-state index in [1.165, 1.54) is 13.3 Å². The van der Waals surface area contributed by atoms with Gasteiger partial charge in [-0.05, 0) is 52.3 Å². The van der Waals surface area contributed by atoms with Gasteiger partial charge in [0.2, 0.25) is 0 Å². The predicted molar refractivity (Wildman–Crippen MR) is 88.9 cm³/mol. The molecule has 0 bridgehead atoms. The van der Waals surface area contributed by atoms with Gasteiger partial charge in [0, 0.05) is 16.1 Å². The van der Waals surface area contributed by atoms with Gasteiger partial charge in [-0.25, -0.2) is 5.43 Å². The van der Waals surface area contributed by atoms with Crippen LogP contribution in [0.5, 0.6) is 11.5 Å². The highest BCUT2D eigenvalue weighted by Gasteiger charge is 2.09. The van der Waals surface area contributed by atoms with Crippen molar-refractivity contribution in [3.63, 3.8) is 0 Å². The quantitative estimate of drug-likeness (QED) is 0.626. The maximum atomic E-state index is 11.8. The van der Waals surface area contributed by atoms with Crippen LogP contribution in [0.4, 0.5) is 0 Å². The van der Waals surface area contributed by atoms with Crippen LogP contribution in [0, 0.1) is 0 Å². The molecule has 2 aromatic carbocycles. The standard InChI is InChI=1S/C15H12BrClN2O3/c1-22-12-7-4-10(13(16)14(12)20)8-18-19-15(21)9-2-5-11(17)6-3-9/h2-8,20H,1H3,(H,19,21)/b18-8+. The third-order valence-corrected chi connectivity index (χ3v) is 3.89. The number of benzene rings is 2. The van der Waals surface area contributed by atoms with Crippen LogP contribution in [-0.2, 0) is 0 Å². The lowest BCUT2D eigenvalue weighted by molar-refractivity contribution is 0.0955. The number of nitrogens with one attached hydrogen (secondary N) is 1. The fraction of sp³-hybridized carbons (Fsp3) is 0.0667. The Hall–Kier alpha value is -2.05. The minimum atomic E-state index is -0.359. The Morgan fingerprint density at radius 1 is 1.32 bits per heavy atom. The van der Waals surface area contributed by atoms with Gasteiger partial charge in [-0.3, -0.25) is 4.79 Å². The van der Waals surface area contributed by atoms with Crippen molar-refractivity contribution < 1.29 is 14.6 Å². The number of ether oxygens (including phenoxy) is 1. The molecule has 0 radical (unpaired) electrons. The molecule has 114 valence electrons. The van der Waals surface area contributed by atoms with Crippen LogP contribution in [-0.4, -0.2) is 24.3 Å². The molecular formula is C15H12BrClN2O3. The van der Waals surface area contributed by atoms with Crippen LogP contribution in [0.25, 0.3) is 0 Å². The Morgan fingerprint density at radius 3 is 2.64 bits per heavy atom. The van der Waals surface area contributed by atoms with Crippen LogP contribution in [0.3, 0.4) is 0 Å². The molecule has 0 unspecified atom stereocenters. The normalized spacial score (nSPS) is 10.7. The molecule has 1 amide bonds. The smallest absolute Gasteiger partial charge is 0.271 e. The van der Waals surface area contributed by atoms with Gasteiger partial charge in [-0.15, -0.1) is 0 Å². The first-order chi connectivity index (χ1) is 10.5. The zero-order valence-corrected chi connectivity index (χ0v) is 13.9. The summed E-state index contributed by atoms with van der Waals surface area (Å²) in [6.07, 6.45) is 1.41. The highest BCUT2D eigenvalue weighted by Crippen LogP contribution is 2.35. The molecule has 0 aliphatic heterocycles. The van der Waals surface area contributed by atoms with E-state index < -0.39 is 0 Å². The van der Waals surface area contributed by atoms with E-state index in [2.05, 4.69) is 26.5 Å². The first-order valence-electron chi connectivity index (χ1n) is 6.17. The maximum Gasteiger partial charge on any atom is 0.271 e. The van der Waals surface area contributed by atoms with Crippen LogP contribution >= 0.6 is 27.5 Å². The molecule has 0 spiro atoms. The summed E-state index contributed by atoms with van der Waals surface area (Å²) in [5.74, 6) is -0.0496. The van der Waals surface area contributed by atoms with Gasteiger partial charge in [0.1, 0.15) is 0 Å². The fourth-order valence-electron chi connectivity index (χ4n) is 1.65. The van der Waals surface area contributed by atoms with Crippen molar-refractivity contribution >= 4 is 39.7 Å². The predicted octanol–water partition coefficient (Wildman–Crippen LogP) is 3.58. The summed E-state index contributed by atoms with van der Waals surface area (Å²) in [6, 6.07) is 9.74. The molecule has 2 aromatic rings. The van der Waals surface area contributed by atoms with Crippen molar-refractivity contribution in [2.75, 3.05) is 7.11 Å². The molecule has 0 atom stereocenters. The number of rotatable bonds is 4. The van der Waals surface area contributed by atoms with Crippen molar-refractivity contribution in [2.45, 2.75) is 0 Å². The van der Waals surface area contributed by atoms with Crippen LogP contribution < -0.4 is 10.2 Å². The third-order valence-electron chi connectivity index (χ3n) is 2.81. The van der Waals surface area contributed by atoms with E-state index in [4.69, 9.17) is 16.3 Å². The van der Waals surface area contributed by atoms with E-state index in [1.807, 2.05) is 0 Å². The first-order valence-corrected chi connectivity index (χ1v) is 7.34.